The summed E-state index contributed by atoms with van der Waals surface area (Å²) < 4.78 is 43.7. The van der Waals surface area contributed by atoms with Crippen LogP contribution in [0.5, 0.6) is 0 Å². The Labute approximate surface area is 169 Å². The Hall–Kier alpha value is -2.43. The van der Waals surface area contributed by atoms with Crippen molar-refractivity contribution in [1.29, 1.82) is 0 Å². The number of carbonyl (C=O) groups is 2. The van der Waals surface area contributed by atoms with Crippen LogP contribution < -0.4 is 10.6 Å². The van der Waals surface area contributed by atoms with Gasteiger partial charge in [-0.2, -0.15) is 24.5 Å². The molecule has 0 saturated carbocycles. The van der Waals surface area contributed by atoms with Gasteiger partial charge in [0.1, 0.15) is 0 Å². The van der Waals surface area contributed by atoms with Crippen LogP contribution in [0.1, 0.15) is 17.2 Å². The first-order valence-electron chi connectivity index (χ1n) is 8.95. The zero-order chi connectivity index (χ0) is 20.9. The predicted molar refractivity (Wildman–Crippen MR) is 103 cm³/mol. The van der Waals surface area contributed by atoms with Crippen LogP contribution in [0.25, 0.3) is 0 Å². The lowest BCUT2D eigenvalue weighted by Crippen LogP contribution is -2.45. The topological polar surface area (TPSA) is 70.7 Å². The number of anilines is 1. The SMILES string of the molecule is O=C(NC[C@@H](c1ccsc1)N1CCOCC1)C(=O)Nc1cccc(C(F)(F)F)c1. The van der Waals surface area contributed by atoms with Crippen LogP contribution in [0, 0.1) is 0 Å². The molecule has 0 spiro atoms. The van der Waals surface area contributed by atoms with E-state index in [4.69, 9.17) is 4.74 Å². The number of alkyl halides is 3. The van der Waals surface area contributed by atoms with E-state index in [9.17, 15) is 22.8 Å². The Morgan fingerprint density at radius 1 is 1.17 bits per heavy atom. The summed E-state index contributed by atoms with van der Waals surface area (Å²) in [5, 5.41) is 8.71. The highest BCUT2D eigenvalue weighted by Crippen LogP contribution is 2.30. The molecule has 10 heteroatoms. The molecule has 1 fully saturated rings. The molecule has 2 aromatic rings. The van der Waals surface area contributed by atoms with Crippen LogP contribution in [-0.2, 0) is 20.5 Å². The highest BCUT2D eigenvalue weighted by atomic mass is 32.1. The third-order valence-corrected chi connectivity index (χ3v) is 5.23. The van der Waals surface area contributed by atoms with Gasteiger partial charge in [-0.1, -0.05) is 6.07 Å². The van der Waals surface area contributed by atoms with E-state index in [0.29, 0.717) is 26.3 Å². The normalized spacial score (nSPS) is 16.2. The lowest BCUT2D eigenvalue weighted by atomic mass is 10.1. The largest absolute Gasteiger partial charge is 0.416 e. The van der Waals surface area contributed by atoms with Gasteiger partial charge in [0.25, 0.3) is 0 Å². The zero-order valence-electron chi connectivity index (χ0n) is 15.4. The molecule has 1 atom stereocenters. The van der Waals surface area contributed by atoms with Crippen molar-refractivity contribution in [1.82, 2.24) is 10.2 Å². The van der Waals surface area contributed by atoms with Gasteiger partial charge in [-0.05, 0) is 40.6 Å². The number of thiophene rings is 1. The maximum atomic E-state index is 12.8. The van der Waals surface area contributed by atoms with Crippen molar-refractivity contribution in [3.63, 3.8) is 0 Å². The van der Waals surface area contributed by atoms with Crippen molar-refractivity contribution in [3.8, 4) is 0 Å². The average Bonchev–Trinajstić information content (AvgIpc) is 3.23. The fraction of sp³-hybridized carbons (Fsp3) is 0.368. The molecule has 29 heavy (non-hydrogen) atoms. The van der Waals surface area contributed by atoms with Gasteiger partial charge in [-0.15, -0.1) is 0 Å². The van der Waals surface area contributed by atoms with Gasteiger partial charge in [-0.25, -0.2) is 0 Å². The van der Waals surface area contributed by atoms with Crippen molar-refractivity contribution in [2.75, 3.05) is 38.2 Å². The van der Waals surface area contributed by atoms with Crippen molar-refractivity contribution in [2.24, 2.45) is 0 Å². The van der Waals surface area contributed by atoms with E-state index in [2.05, 4.69) is 15.5 Å². The van der Waals surface area contributed by atoms with Gasteiger partial charge < -0.3 is 15.4 Å². The summed E-state index contributed by atoms with van der Waals surface area (Å²) in [5.41, 5.74) is 0.0265. The summed E-state index contributed by atoms with van der Waals surface area (Å²) in [5.74, 6) is -1.92. The number of halogens is 3. The van der Waals surface area contributed by atoms with Gasteiger partial charge in [0.2, 0.25) is 0 Å². The number of ether oxygens (including phenoxy) is 1. The molecule has 156 valence electrons. The maximum Gasteiger partial charge on any atom is 0.416 e. The Bertz CT molecular complexity index is 837. The van der Waals surface area contributed by atoms with Gasteiger partial charge in [0.15, 0.2) is 0 Å². The molecule has 0 radical (unpaired) electrons. The molecule has 2 heterocycles. The minimum atomic E-state index is -4.53. The molecule has 0 unspecified atom stereocenters. The van der Waals surface area contributed by atoms with Crippen molar-refractivity contribution >= 4 is 28.8 Å². The van der Waals surface area contributed by atoms with E-state index in [0.717, 1.165) is 17.7 Å². The summed E-state index contributed by atoms with van der Waals surface area (Å²) in [6.45, 7) is 2.78. The Kier molecular flexibility index (Phi) is 6.88. The van der Waals surface area contributed by atoms with Crippen LogP contribution in [0.2, 0.25) is 0 Å². The average molecular weight is 427 g/mol. The number of carbonyl (C=O) groups excluding carboxylic acids is 2. The molecule has 0 bridgehead atoms. The van der Waals surface area contributed by atoms with Crippen molar-refractivity contribution in [3.05, 3.63) is 52.2 Å². The lowest BCUT2D eigenvalue weighted by Gasteiger charge is -2.34. The second kappa shape index (κ2) is 9.38. The monoisotopic (exact) mass is 427 g/mol. The summed E-state index contributed by atoms with van der Waals surface area (Å²) >= 11 is 1.54. The minimum absolute atomic E-state index is 0.0949. The number of rotatable bonds is 5. The number of nitrogens with one attached hydrogen (secondary N) is 2. The summed E-state index contributed by atoms with van der Waals surface area (Å²) in [6, 6.07) is 5.98. The zero-order valence-corrected chi connectivity index (χ0v) is 16.2. The lowest BCUT2D eigenvalue weighted by molar-refractivity contribution is -0.137. The van der Waals surface area contributed by atoms with Crippen LogP contribution in [0.15, 0.2) is 41.1 Å². The molecule has 2 amide bonds. The van der Waals surface area contributed by atoms with Crippen LogP contribution in [-0.4, -0.2) is 49.6 Å². The molecule has 1 aliphatic rings. The van der Waals surface area contributed by atoms with E-state index in [1.54, 1.807) is 0 Å². The smallest absolute Gasteiger partial charge is 0.379 e. The van der Waals surface area contributed by atoms with E-state index in [1.807, 2.05) is 16.8 Å². The van der Waals surface area contributed by atoms with Crippen molar-refractivity contribution < 1.29 is 27.5 Å². The fourth-order valence-corrected chi connectivity index (χ4v) is 3.75. The molecule has 1 aromatic carbocycles. The Morgan fingerprint density at radius 2 is 1.93 bits per heavy atom. The second-order valence-electron chi connectivity index (χ2n) is 6.46. The Morgan fingerprint density at radius 3 is 2.59 bits per heavy atom. The number of amides is 2. The Balaban J connectivity index is 1.60. The third kappa shape index (κ3) is 5.78. The molecule has 3 rings (SSSR count). The first-order valence-corrected chi connectivity index (χ1v) is 9.89. The maximum absolute atomic E-state index is 12.8. The number of hydrogen-bond acceptors (Lipinski definition) is 5. The fourth-order valence-electron chi connectivity index (χ4n) is 3.04. The molecule has 6 nitrogen and oxygen atoms in total. The molecular weight excluding hydrogens is 407 g/mol. The molecular formula is C19H20F3N3O3S. The van der Waals surface area contributed by atoms with E-state index >= 15 is 0 Å². The molecule has 0 aliphatic carbocycles. The number of benzene rings is 1. The number of nitrogens with zero attached hydrogens (tertiary/aromatic N) is 1. The van der Waals surface area contributed by atoms with Crippen LogP contribution >= 0.6 is 11.3 Å². The predicted octanol–water partition coefficient (Wildman–Crippen LogP) is 2.90. The number of hydrogen-bond donors (Lipinski definition) is 2. The third-order valence-electron chi connectivity index (χ3n) is 4.52. The minimum Gasteiger partial charge on any atom is -0.379 e. The number of morpholine rings is 1. The first-order chi connectivity index (χ1) is 13.8. The quantitative estimate of drug-likeness (QED) is 0.720. The second-order valence-corrected chi connectivity index (χ2v) is 7.24. The standard InChI is InChI=1S/C19H20F3N3O3S/c20-19(21,22)14-2-1-3-15(10-14)24-18(27)17(26)23-11-16(13-4-9-29-12-13)25-5-7-28-8-6-25/h1-4,9-10,12,16H,5-8,11H2,(H,23,26)(H,24,27)/t16-/m0/s1. The molecule has 1 aromatic heterocycles. The van der Waals surface area contributed by atoms with Gasteiger partial charge in [-0.3, -0.25) is 14.5 Å². The van der Waals surface area contributed by atoms with Crippen LogP contribution in [0.4, 0.5) is 18.9 Å². The highest BCUT2D eigenvalue weighted by Gasteiger charge is 2.31. The van der Waals surface area contributed by atoms with Gasteiger partial charge in [0, 0.05) is 25.3 Å². The van der Waals surface area contributed by atoms with Crippen LogP contribution in [0.3, 0.4) is 0 Å². The summed E-state index contributed by atoms with van der Waals surface area (Å²) in [7, 11) is 0. The summed E-state index contributed by atoms with van der Waals surface area (Å²) in [6.07, 6.45) is -4.53. The molecule has 2 N–H and O–H groups in total. The molecule has 1 saturated heterocycles. The van der Waals surface area contributed by atoms with E-state index in [1.165, 1.54) is 23.5 Å². The molecule has 1 aliphatic heterocycles. The van der Waals surface area contributed by atoms with Gasteiger partial charge >= 0.3 is 18.0 Å². The highest BCUT2D eigenvalue weighted by molar-refractivity contribution is 7.08. The van der Waals surface area contributed by atoms with E-state index < -0.39 is 23.6 Å². The first kappa shape index (κ1) is 21.3. The van der Waals surface area contributed by atoms with Gasteiger partial charge in [0.05, 0.1) is 24.8 Å². The summed E-state index contributed by atoms with van der Waals surface area (Å²) in [4.78, 5) is 26.5. The van der Waals surface area contributed by atoms with E-state index in [-0.39, 0.29) is 18.3 Å². The van der Waals surface area contributed by atoms with Crippen molar-refractivity contribution in [2.45, 2.75) is 12.2 Å².